The zero-order valence-corrected chi connectivity index (χ0v) is 9.59. The van der Waals surface area contributed by atoms with Crippen molar-refractivity contribution < 1.29 is 0 Å². The molecule has 0 spiro atoms. The predicted octanol–water partition coefficient (Wildman–Crippen LogP) is 1.42. The highest BCUT2D eigenvalue weighted by Crippen LogP contribution is 2.51. The van der Waals surface area contributed by atoms with E-state index in [4.69, 9.17) is 0 Å². The fourth-order valence-corrected chi connectivity index (χ4v) is 3.03. The highest BCUT2D eigenvalue weighted by atomic mass is 15.4. The Morgan fingerprint density at radius 2 is 1.69 bits per heavy atom. The lowest BCUT2D eigenvalue weighted by Crippen LogP contribution is -2.69. The van der Waals surface area contributed by atoms with Gasteiger partial charge in [0, 0.05) is 36.6 Å². The molecule has 0 bridgehead atoms. The van der Waals surface area contributed by atoms with Crippen molar-refractivity contribution in [2.75, 3.05) is 26.7 Å². The Morgan fingerprint density at radius 1 is 1.08 bits per heavy atom. The molecule has 2 heteroatoms. The third kappa shape index (κ3) is 1.02. The molecule has 0 amide bonds. The number of fused-ring (bicyclic) bond motifs is 1. The molecule has 13 heavy (non-hydrogen) atoms. The number of rotatable bonds is 1. The lowest BCUT2D eigenvalue weighted by Gasteiger charge is -2.58. The van der Waals surface area contributed by atoms with E-state index in [1.165, 1.54) is 19.6 Å². The van der Waals surface area contributed by atoms with Crippen molar-refractivity contribution in [1.82, 2.24) is 9.80 Å². The van der Waals surface area contributed by atoms with Gasteiger partial charge in [0.25, 0.3) is 0 Å². The van der Waals surface area contributed by atoms with Gasteiger partial charge in [-0.05, 0) is 27.8 Å². The molecule has 0 saturated carbocycles. The fourth-order valence-electron chi connectivity index (χ4n) is 3.03. The van der Waals surface area contributed by atoms with Crippen LogP contribution in [-0.4, -0.2) is 48.1 Å². The van der Waals surface area contributed by atoms with Crippen LogP contribution in [0.2, 0.25) is 0 Å². The Kier molecular flexibility index (Phi) is 1.81. The number of likely N-dealkylation sites (N-methyl/N-ethyl adjacent to an activating group) is 1. The second-order valence-electron chi connectivity index (χ2n) is 5.69. The molecular weight excluding hydrogens is 160 g/mol. The smallest absolute Gasteiger partial charge is 0.0383 e. The Labute approximate surface area is 81.9 Å². The molecule has 2 aliphatic heterocycles. The number of hydrogen-bond acceptors (Lipinski definition) is 2. The van der Waals surface area contributed by atoms with Crippen LogP contribution in [0.3, 0.4) is 0 Å². The third-order valence-electron chi connectivity index (χ3n) is 4.52. The van der Waals surface area contributed by atoms with Crippen molar-refractivity contribution in [3.05, 3.63) is 0 Å². The first-order chi connectivity index (χ1) is 5.89. The summed E-state index contributed by atoms with van der Waals surface area (Å²) in [7, 11) is 2.26. The maximum atomic E-state index is 2.61. The largest absolute Gasteiger partial charge is 0.298 e. The van der Waals surface area contributed by atoms with Crippen LogP contribution in [0.1, 0.15) is 27.7 Å². The maximum Gasteiger partial charge on any atom is 0.0383 e. The fraction of sp³-hybridized carbons (Fsp3) is 1.00. The molecule has 2 saturated heterocycles. The van der Waals surface area contributed by atoms with Gasteiger partial charge < -0.3 is 0 Å². The molecule has 0 aliphatic carbocycles. The quantitative estimate of drug-likeness (QED) is 0.605. The lowest BCUT2D eigenvalue weighted by atomic mass is 9.66. The molecule has 0 aromatic rings. The molecule has 76 valence electrons. The summed E-state index contributed by atoms with van der Waals surface area (Å²) in [4.78, 5) is 5.12. The van der Waals surface area contributed by atoms with Gasteiger partial charge in [0.05, 0.1) is 0 Å². The SMILES string of the molecule is CC(C)N1C[C@]2(C)CN(C)[C@]2(C)C1. The molecule has 2 aliphatic rings. The average molecular weight is 182 g/mol. The van der Waals surface area contributed by atoms with Crippen molar-refractivity contribution in [1.29, 1.82) is 0 Å². The van der Waals surface area contributed by atoms with E-state index in [0.29, 0.717) is 17.0 Å². The van der Waals surface area contributed by atoms with Crippen molar-refractivity contribution in [3.8, 4) is 0 Å². The van der Waals surface area contributed by atoms with Crippen LogP contribution in [0.15, 0.2) is 0 Å². The van der Waals surface area contributed by atoms with E-state index in [2.05, 4.69) is 44.5 Å². The summed E-state index contributed by atoms with van der Waals surface area (Å²) < 4.78 is 0. The lowest BCUT2D eigenvalue weighted by molar-refractivity contribution is -0.0828. The third-order valence-corrected chi connectivity index (χ3v) is 4.52. The summed E-state index contributed by atoms with van der Waals surface area (Å²) in [6, 6.07) is 0.702. The van der Waals surface area contributed by atoms with Crippen molar-refractivity contribution in [2.45, 2.75) is 39.3 Å². The summed E-state index contributed by atoms with van der Waals surface area (Å²) in [5, 5.41) is 0. The molecule has 0 unspecified atom stereocenters. The number of nitrogens with zero attached hydrogens (tertiary/aromatic N) is 2. The van der Waals surface area contributed by atoms with Gasteiger partial charge in [-0.1, -0.05) is 6.92 Å². The van der Waals surface area contributed by atoms with E-state index in [1.807, 2.05) is 0 Å². The molecule has 0 radical (unpaired) electrons. The molecule has 0 N–H and O–H groups in total. The molecule has 2 atom stereocenters. The Morgan fingerprint density at radius 3 is 2.08 bits per heavy atom. The highest BCUT2D eigenvalue weighted by Gasteiger charge is 2.62. The Hall–Kier alpha value is -0.0800. The minimum Gasteiger partial charge on any atom is -0.298 e. The zero-order chi connectivity index (χ0) is 9.85. The first kappa shape index (κ1) is 9.47. The normalized spacial score (nSPS) is 46.6. The van der Waals surface area contributed by atoms with Crippen molar-refractivity contribution in [2.24, 2.45) is 5.41 Å². The minimum absolute atomic E-state index is 0.442. The molecule has 0 aromatic carbocycles. The molecule has 2 fully saturated rings. The molecule has 2 heterocycles. The van der Waals surface area contributed by atoms with Crippen LogP contribution in [0, 0.1) is 5.41 Å². The summed E-state index contributed by atoms with van der Waals surface area (Å²) in [5.41, 5.74) is 0.989. The van der Waals surface area contributed by atoms with Gasteiger partial charge in [-0.2, -0.15) is 0 Å². The first-order valence-electron chi connectivity index (χ1n) is 5.34. The standard InChI is InChI=1S/C11H22N2/c1-9(2)13-7-10(3)6-12(5)11(10,4)8-13/h9H,6-8H2,1-5H3/t10-,11+/m0/s1. The summed E-state index contributed by atoms with van der Waals surface area (Å²) in [6.07, 6.45) is 0. The van der Waals surface area contributed by atoms with E-state index >= 15 is 0 Å². The van der Waals surface area contributed by atoms with Crippen molar-refractivity contribution in [3.63, 3.8) is 0 Å². The molecular formula is C11H22N2. The predicted molar refractivity (Wildman–Crippen MR) is 55.9 cm³/mol. The maximum absolute atomic E-state index is 2.61. The average Bonchev–Trinajstić information content (AvgIpc) is 2.22. The van der Waals surface area contributed by atoms with E-state index < -0.39 is 0 Å². The second kappa shape index (κ2) is 2.48. The monoisotopic (exact) mass is 182 g/mol. The van der Waals surface area contributed by atoms with Crippen molar-refractivity contribution >= 4 is 0 Å². The van der Waals surface area contributed by atoms with E-state index in [9.17, 15) is 0 Å². The second-order valence-corrected chi connectivity index (χ2v) is 5.69. The van der Waals surface area contributed by atoms with Gasteiger partial charge >= 0.3 is 0 Å². The van der Waals surface area contributed by atoms with E-state index in [-0.39, 0.29) is 0 Å². The molecule has 2 rings (SSSR count). The van der Waals surface area contributed by atoms with Crippen LogP contribution in [0.25, 0.3) is 0 Å². The zero-order valence-electron chi connectivity index (χ0n) is 9.59. The van der Waals surface area contributed by atoms with E-state index in [0.717, 1.165) is 0 Å². The van der Waals surface area contributed by atoms with Crippen LogP contribution in [-0.2, 0) is 0 Å². The number of hydrogen-bond donors (Lipinski definition) is 0. The minimum atomic E-state index is 0.442. The molecule has 2 nitrogen and oxygen atoms in total. The highest BCUT2D eigenvalue weighted by molar-refractivity contribution is 5.17. The van der Waals surface area contributed by atoms with Gasteiger partial charge in [-0.3, -0.25) is 9.80 Å². The van der Waals surface area contributed by atoms with Gasteiger partial charge in [0.15, 0.2) is 0 Å². The Balaban J connectivity index is 2.17. The van der Waals surface area contributed by atoms with Gasteiger partial charge in [-0.25, -0.2) is 0 Å². The summed E-state index contributed by atoms with van der Waals surface area (Å²) in [6.45, 7) is 13.3. The number of likely N-dealkylation sites (tertiary alicyclic amines) is 2. The van der Waals surface area contributed by atoms with Gasteiger partial charge in [0.2, 0.25) is 0 Å². The Bertz CT molecular complexity index is 226. The summed E-state index contributed by atoms with van der Waals surface area (Å²) >= 11 is 0. The van der Waals surface area contributed by atoms with Crippen LogP contribution in [0.4, 0.5) is 0 Å². The first-order valence-corrected chi connectivity index (χ1v) is 5.34. The summed E-state index contributed by atoms with van der Waals surface area (Å²) in [5.74, 6) is 0. The topological polar surface area (TPSA) is 6.48 Å². The molecule has 0 aromatic heterocycles. The van der Waals surface area contributed by atoms with Crippen LogP contribution >= 0.6 is 0 Å². The van der Waals surface area contributed by atoms with Gasteiger partial charge in [-0.15, -0.1) is 0 Å². The van der Waals surface area contributed by atoms with Gasteiger partial charge in [0.1, 0.15) is 0 Å². The van der Waals surface area contributed by atoms with Crippen LogP contribution < -0.4 is 0 Å². The van der Waals surface area contributed by atoms with Crippen LogP contribution in [0.5, 0.6) is 0 Å². The van der Waals surface area contributed by atoms with E-state index in [1.54, 1.807) is 0 Å².